The van der Waals surface area contributed by atoms with Crippen LogP contribution in [0.2, 0.25) is 0 Å². The number of unbranched alkanes of at least 4 members (excludes halogenated alkanes) is 29. The molecule has 6 nitrogen and oxygen atoms in total. The number of carbonyl (C=O) groups excluding carboxylic acids is 3. The molecule has 0 aromatic heterocycles. The number of ether oxygens (including phenoxy) is 3. The van der Waals surface area contributed by atoms with Gasteiger partial charge in [0.15, 0.2) is 6.10 Å². The molecule has 0 bridgehead atoms. The van der Waals surface area contributed by atoms with Gasteiger partial charge in [0.2, 0.25) is 0 Å². The Balaban J connectivity index is 4.39. The Morgan fingerprint density at radius 2 is 0.600 bits per heavy atom. The van der Waals surface area contributed by atoms with Gasteiger partial charge >= 0.3 is 17.9 Å². The Morgan fingerprint density at radius 3 is 0.969 bits per heavy atom. The summed E-state index contributed by atoms with van der Waals surface area (Å²) in [7, 11) is 0. The Labute approximate surface area is 402 Å². The van der Waals surface area contributed by atoms with Crippen LogP contribution in [0.4, 0.5) is 0 Å². The van der Waals surface area contributed by atoms with Crippen LogP contribution in [0, 0.1) is 0 Å². The van der Waals surface area contributed by atoms with Crippen molar-refractivity contribution in [3.63, 3.8) is 0 Å². The maximum absolute atomic E-state index is 12.8. The second-order valence-corrected chi connectivity index (χ2v) is 18.5. The topological polar surface area (TPSA) is 78.9 Å². The van der Waals surface area contributed by atoms with E-state index >= 15 is 0 Å². The Hall–Kier alpha value is -2.89. The molecular weight excluding hydrogens is 805 g/mol. The summed E-state index contributed by atoms with van der Waals surface area (Å²) in [5.41, 5.74) is 0. The predicted octanol–water partition coefficient (Wildman–Crippen LogP) is 18.4. The average molecular weight is 909 g/mol. The van der Waals surface area contributed by atoms with E-state index in [1.54, 1.807) is 0 Å². The van der Waals surface area contributed by atoms with Crippen LogP contribution in [-0.4, -0.2) is 37.2 Å². The zero-order valence-corrected chi connectivity index (χ0v) is 43.0. The van der Waals surface area contributed by atoms with Crippen molar-refractivity contribution < 1.29 is 28.6 Å². The smallest absolute Gasteiger partial charge is 0.306 e. The largest absolute Gasteiger partial charge is 0.462 e. The molecule has 0 amide bonds. The molecule has 0 aliphatic carbocycles. The minimum Gasteiger partial charge on any atom is -0.462 e. The zero-order chi connectivity index (χ0) is 47.2. The number of esters is 3. The molecule has 0 radical (unpaired) electrons. The number of carbonyl (C=O) groups is 3. The molecule has 0 aliphatic rings. The summed E-state index contributed by atoms with van der Waals surface area (Å²) in [5, 5.41) is 0. The van der Waals surface area contributed by atoms with Crippen molar-refractivity contribution in [1.29, 1.82) is 0 Å². The first-order chi connectivity index (χ1) is 32.0. The highest BCUT2D eigenvalue weighted by Crippen LogP contribution is 2.16. The first-order valence-electron chi connectivity index (χ1n) is 27.8. The van der Waals surface area contributed by atoms with Crippen LogP contribution in [0.3, 0.4) is 0 Å². The number of hydrogen-bond donors (Lipinski definition) is 0. The fraction of sp³-hybridized carbons (Fsp3) is 0.780. The molecule has 0 saturated heterocycles. The molecule has 1 atom stereocenters. The quantitative estimate of drug-likeness (QED) is 0.0262. The maximum Gasteiger partial charge on any atom is 0.306 e. The van der Waals surface area contributed by atoms with E-state index in [4.69, 9.17) is 14.2 Å². The van der Waals surface area contributed by atoms with E-state index in [-0.39, 0.29) is 31.1 Å². The maximum atomic E-state index is 12.8. The van der Waals surface area contributed by atoms with Gasteiger partial charge in [0.1, 0.15) is 13.2 Å². The van der Waals surface area contributed by atoms with Gasteiger partial charge in [-0.05, 0) is 83.5 Å². The van der Waals surface area contributed by atoms with Crippen molar-refractivity contribution in [2.45, 2.75) is 284 Å². The fourth-order valence-corrected chi connectivity index (χ4v) is 7.84. The van der Waals surface area contributed by atoms with Crippen LogP contribution in [0.15, 0.2) is 60.8 Å². The van der Waals surface area contributed by atoms with Crippen molar-refractivity contribution in [1.82, 2.24) is 0 Å². The SMILES string of the molecule is CC/C=C\C/C=C\C/C=C\C/C=C\CCCCCCC(=O)OC[C@H](COC(=O)CCCCCCCCCCCCCCCCCCC)OC(=O)CCCCCCC/C=C\CCCCCC. The molecule has 0 N–H and O–H groups in total. The first kappa shape index (κ1) is 62.1. The Kier molecular flexibility index (Phi) is 51.3. The second kappa shape index (κ2) is 53.7. The third-order valence-electron chi connectivity index (χ3n) is 12.0. The zero-order valence-electron chi connectivity index (χ0n) is 43.0. The van der Waals surface area contributed by atoms with Crippen LogP contribution in [0.25, 0.3) is 0 Å². The summed E-state index contributed by atoms with van der Waals surface area (Å²) in [5.74, 6) is -0.907. The highest BCUT2D eigenvalue weighted by atomic mass is 16.6. The Morgan fingerprint density at radius 1 is 0.323 bits per heavy atom. The lowest BCUT2D eigenvalue weighted by Gasteiger charge is -2.18. The molecule has 0 spiro atoms. The van der Waals surface area contributed by atoms with Gasteiger partial charge in [-0.25, -0.2) is 0 Å². The van der Waals surface area contributed by atoms with Crippen molar-refractivity contribution in [2.24, 2.45) is 0 Å². The summed E-state index contributed by atoms with van der Waals surface area (Å²) < 4.78 is 16.8. The second-order valence-electron chi connectivity index (χ2n) is 18.5. The van der Waals surface area contributed by atoms with E-state index < -0.39 is 6.10 Å². The molecule has 0 rings (SSSR count). The minimum absolute atomic E-state index is 0.0831. The minimum atomic E-state index is -0.786. The lowest BCUT2D eigenvalue weighted by Crippen LogP contribution is -2.30. The summed E-state index contributed by atoms with van der Waals surface area (Å²) in [6.45, 7) is 6.51. The van der Waals surface area contributed by atoms with Crippen molar-refractivity contribution in [2.75, 3.05) is 13.2 Å². The molecule has 6 heteroatoms. The molecule has 376 valence electrons. The standard InChI is InChI=1S/C59H104O6/c1-4-7-10-13-16-19-22-25-27-29-31-34-36-39-42-45-48-51-57(60)63-54-56(65-59(62)53-50-47-44-41-38-33-24-21-18-15-12-9-6-3)55-64-58(61)52-49-46-43-40-37-35-32-30-28-26-23-20-17-14-11-8-5-2/h7,10,16,19,21,24-25,27,31,34,56H,4-6,8-9,11-15,17-18,20,22-23,26,28-30,32-33,35-55H2,1-3H3/b10-7-,19-16-,24-21-,27-25-,34-31-/t56-/m1/s1. The molecule has 0 aromatic carbocycles. The van der Waals surface area contributed by atoms with Crippen molar-refractivity contribution in [3.8, 4) is 0 Å². The molecule has 0 heterocycles. The monoisotopic (exact) mass is 909 g/mol. The number of hydrogen-bond acceptors (Lipinski definition) is 6. The summed E-state index contributed by atoms with van der Waals surface area (Å²) >= 11 is 0. The van der Waals surface area contributed by atoms with E-state index in [2.05, 4.69) is 81.5 Å². The number of allylic oxidation sites excluding steroid dienone is 10. The van der Waals surface area contributed by atoms with Gasteiger partial charge in [0.05, 0.1) is 0 Å². The molecule has 0 aromatic rings. The van der Waals surface area contributed by atoms with Crippen molar-refractivity contribution in [3.05, 3.63) is 60.8 Å². The van der Waals surface area contributed by atoms with Crippen molar-refractivity contribution >= 4 is 17.9 Å². The molecule has 0 aliphatic heterocycles. The van der Waals surface area contributed by atoms with E-state index in [9.17, 15) is 14.4 Å². The van der Waals surface area contributed by atoms with Gasteiger partial charge < -0.3 is 14.2 Å². The molecule has 0 saturated carbocycles. The van der Waals surface area contributed by atoms with Crippen LogP contribution >= 0.6 is 0 Å². The van der Waals surface area contributed by atoms with E-state index in [0.29, 0.717) is 19.3 Å². The summed E-state index contributed by atoms with van der Waals surface area (Å²) in [6, 6.07) is 0. The van der Waals surface area contributed by atoms with Crippen LogP contribution in [-0.2, 0) is 28.6 Å². The van der Waals surface area contributed by atoms with Crippen LogP contribution in [0.1, 0.15) is 278 Å². The Bertz CT molecular complexity index is 1180. The molecule has 65 heavy (non-hydrogen) atoms. The lowest BCUT2D eigenvalue weighted by atomic mass is 10.0. The number of rotatable bonds is 50. The summed E-state index contributed by atoms with van der Waals surface area (Å²) in [6.07, 6.45) is 66.3. The summed E-state index contributed by atoms with van der Waals surface area (Å²) in [4.78, 5) is 38.1. The van der Waals surface area contributed by atoms with Crippen LogP contribution < -0.4 is 0 Å². The van der Waals surface area contributed by atoms with E-state index in [0.717, 1.165) is 109 Å². The average Bonchev–Trinajstić information content (AvgIpc) is 3.30. The fourth-order valence-electron chi connectivity index (χ4n) is 7.84. The highest BCUT2D eigenvalue weighted by Gasteiger charge is 2.19. The third-order valence-corrected chi connectivity index (χ3v) is 12.0. The van der Waals surface area contributed by atoms with Gasteiger partial charge in [-0.2, -0.15) is 0 Å². The molecule has 0 fully saturated rings. The van der Waals surface area contributed by atoms with Gasteiger partial charge in [-0.1, -0.05) is 236 Å². The third kappa shape index (κ3) is 51.9. The van der Waals surface area contributed by atoms with Gasteiger partial charge in [-0.15, -0.1) is 0 Å². The molecule has 0 unspecified atom stereocenters. The highest BCUT2D eigenvalue weighted by molar-refractivity contribution is 5.71. The normalized spacial score (nSPS) is 12.5. The molecular formula is C59H104O6. The van der Waals surface area contributed by atoms with Gasteiger partial charge in [0, 0.05) is 19.3 Å². The first-order valence-corrected chi connectivity index (χ1v) is 27.8. The van der Waals surface area contributed by atoms with Crippen LogP contribution in [0.5, 0.6) is 0 Å². The van der Waals surface area contributed by atoms with E-state index in [1.165, 1.54) is 128 Å². The van der Waals surface area contributed by atoms with Gasteiger partial charge in [-0.3, -0.25) is 14.4 Å². The van der Waals surface area contributed by atoms with E-state index in [1.807, 2.05) is 0 Å². The lowest BCUT2D eigenvalue weighted by molar-refractivity contribution is -0.167. The predicted molar refractivity (Wildman–Crippen MR) is 279 cm³/mol. The van der Waals surface area contributed by atoms with Gasteiger partial charge in [0.25, 0.3) is 0 Å².